The fourth-order valence-corrected chi connectivity index (χ4v) is 2.90. The van der Waals surface area contributed by atoms with E-state index in [0.29, 0.717) is 25.1 Å². The Morgan fingerprint density at radius 1 is 0.806 bits per heavy atom. The van der Waals surface area contributed by atoms with Gasteiger partial charge < -0.3 is 9.47 Å². The Hall–Kier alpha value is -3.19. The summed E-state index contributed by atoms with van der Waals surface area (Å²) in [6, 6.07) is 16.1. The predicted molar refractivity (Wildman–Crippen MR) is 116 cm³/mol. The molecule has 0 aliphatic carbocycles. The Morgan fingerprint density at radius 2 is 1.45 bits per heavy atom. The van der Waals surface area contributed by atoms with Crippen LogP contribution in [0, 0.1) is 0 Å². The fraction of sp³-hybridized carbons (Fsp3) is 0.375. The van der Waals surface area contributed by atoms with Crippen molar-refractivity contribution in [3.63, 3.8) is 0 Å². The Kier molecular flexibility index (Phi) is 10.2. The van der Waals surface area contributed by atoms with Gasteiger partial charge in [0.2, 0.25) is 0 Å². The maximum Gasteiger partial charge on any atom is 0.340 e. The van der Waals surface area contributed by atoms with Gasteiger partial charge in [-0.15, -0.1) is 0 Å². The number of carbonyl (C=O) groups excluding carboxylic acids is 3. The zero-order chi connectivity index (χ0) is 22.5. The van der Waals surface area contributed by atoms with Crippen LogP contribution < -0.4 is 5.06 Å². The van der Waals surface area contributed by atoms with E-state index in [1.807, 2.05) is 30.3 Å². The van der Waals surface area contributed by atoms with Crippen LogP contribution in [0.3, 0.4) is 0 Å². The van der Waals surface area contributed by atoms with Crippen molar-refractivity contribution in [2.45, 2.75) is 46.1 Å². The molecule has 0 unspecified atom stereocenters. The first-order valence-electron chi connectivity index (χ1n) is 10.5. The molecule has 2 aromatic carbocycles. The van der Waals surface area contributed by atoms with Gasteiger partial charge in [0.25, 0.3) is 5.91 Å². The van der Waals surface area contributed by atoms with E-state index in [2.05, 4.69) is 0 Å². The molecule has 0 heterocycles. The van der Waals surface area contributed by atoms with Crippen molar-refractivity contribution in [3.8, 4) is 0 Å². The molecule has 0 aliphatic heterocycles. The first kappa shape index (κ1) is 24.1. The third-order valence-electron chi connectivity index (χ3n) is 4.37. The van der Waals surface area contributed by atoms with Crippen molar-refractivity contribution in [2.24, 2.45) is 0 Å². The van der Waals surface area contributed by atoms with Gasteiger partial charge in [0.15, 0.2) is 0 Å². The molecule has 0 atom stereocenters. The number of anilines is 1. The molecule has 31 heavy (non-hydrogen) atoms. The summed E-state index contributed by atoms with van der Waals surface area (Å²) in [5, 5.41) is 1.16. The molecule has 166 valence electrons. The smallest absolute Gasteiger partial charge is 0.340 e. The highest BCUT2D eigenvalue weighted by Gasteiger charge is 2.23. The lowest BCUT2D eigenvalue weighted by Gasteiger charge is -2.24. The number of amides is 1. The Bertz CT molecular complexity index is 852. The molecule has 0 saturated carbocycles. The van der Waals surface area contributed by atoms with Crippen LogP contribution in [0.2, 0.25) is 0 Å². The van der Waals surface area contributed by atoms with Crippen LogP contribution in [0.15, 0.2) is 54.6 Å². The Labute approximate surface area is 182 Å². The van der Waals surface area contributed by atoms with E-state index in [9.17, 15) is 14.4 Å². The zero-order valence-corrected chi connectivity index (χ0v) is 18.0. The SMILES string of the molecule is CCOC(=O)CCCCC(=O)N(OCc1ccccc1)c1ccccc1C(=O)OCC. The number of esters is 2. The average Bonchev–Trinajstić information content (AvgIpc) is 2.78. The summed E-state index contributed by atoms with van der Waals surface area (Å²) in [7, 11) is 0. The van der Waals surface area contributed by atoms with Gasteiger partial charge in [0.1, 0.15) is 6.61 Å². The standard InChI is InChI=1S/C24H29NO6/c1-3-29-23(27)17-11-10-16-22(26)25(31-18-19-12-6-5-7-13-19)21-15-9-8-14-20(21)24(28)30-4-2/h5-9,12-15H,3-4,10-11,16-18H2,1-2H3. The lowest BCUT2D eigenvalue weighted by molar-refractivity contribution is -0.143. The van der Waals surface area contributed by atoms with Crippen molar-refractivity contribution in [1.29, 1.82) is 0 Å². The third kappa shape index (κ3) is 7.86. The highest BCUT2D eigenvalue weighted by molar-refractivity contribution is 6.01. The maximum absolute atomic E-state index is 13.0. The number of carbonyl (C=O) groups is 3. The summed E-state index contributed by atoms with van der Waals surface area (Å²) in [5.41, 5.74) is 1.46. The molecule has 7 heteroatoms. The quantitative estimate of drug-likeness (QED) is 0.283. The second-order valence-corrected chi connectivity index (χ2v) is 6.70. The van der Waals surface area contributed by atoms with Crippen LogP contribution >= 0.6 is 0 Å². The molecular formula is C24H29NO6. The lowest BCUT2D eigenvalue weighted by atomic mass is 10.1. The van der Waals surface area contributed by atoms with Gasteiger partial charge >= 0.3 is 11.9 Å². The van der Waals surface area contributed by atoms with Gasteiger partial charge in [-0.3, -0.25) is 14.4 Å². The van der Waals surface area contributed by atoms with E-state index < -0.39 is 5.97 Å². The number of unbranched alkanes of at least 4 members (excludes halogenated alkanes) is 1. The first-order valence-corrected chi connectivity index (χ1v) is 10.5. The van der Waals surface area contributed by atoms with Gasteiger partial charge in [0, 0.05) is 12.8 Å². The summed E-state index contributed by atoms with van der Waals surface area (Å²) in [4.78, 5) is 42.7. The number of rotatable bonds is 12. The monoisotopic (exact) mass is 427 g/mol. The normalized spacial score (nSPS) is 10.4. The predicted octanol–water partition coefficient (Wildman–Crippen LogP) is 4.45. The van der Waals surface area contributed by atoms with Gasteiger partial charge in [-0.1, -0.05) is 42.5 Å². The topological polar surface area (TPSA) is 82.1 Å². The fourth-order valence-electron chi connectivity index (χ4n) is 2.90. The van der Waals surface area contributed by atoms with E-state index in [1.54, 1.807) is 38.1 Å². The van der Waals surface area contributed by atoms with E-state index in [4.69, 9.17) is 14.3 Å². The van der Waals surface area contributed by atoms with Crippen LogP contribution in [0.4, 0.5) is 5.69 Å². The van der Waals surface area contributed by atoms with Crippen LogP contribution in [0.1, 0.15) is 55.5 Å². The summed E-state index contributed by atoms with van der Waals surface area (Å²) in [6.07, 6.45) is 1.43. The van der Waals surface area contributed by atoms with Crippen LogP contribution in [0.25, 0.3) is 0 Å². The highest BCUT2D eigenvalue weighted by atomic mass is 16.7. The van der Waals surface area contributed by atoms with Gasteiger partial charge in [-0.25, -0.2) is 4.79 Å². The van der Waals surface area contributed by atoms with Crippen LogP contribution in [-0.2, 0) is 30.5 Å². The van der Waals surface area contributed by atoms with Crippen molar-refractivity contribution in [2.75, 3.05) is 18.3 Å². The molecule has 0 saturated heterocycles. The molecule has 0 radical (unpaired) electrons. The number of hydrogen-bond donors (Lipinski definition) is 0. The summed E-state index contributed by atoms with van der Waals surface area (Å²) in [6.45, 7) is 4.19. The maximum atomic E-state index is 13.0. The summed E-state index contributed by atoms with van der Waals surface area (Å²) < 4.78 is 10.0. The minimum Gasteiger partial charge on any atom is -0.466 e. The highest BCUT2D eigenvalue weighted by Crippen LogP contribution is 2.24. The molecule has 2 aromatic rings. The van der Waals surface area contributed by atoms with Crippen molar-refractivity contribution < 1.29 is 28.7 Å². The molecule has 2 rings (SSSR count). The van der Waals surface area contributed by atoms with Crippen molar-refractivity contribution >= 4 is 23.5 Å². The van der Waals surface area contributed by atoms with E-state index >= 15 is 0 Å². The van der Waals surface area contributed by atoms with Crippen molar-refractivity contribution in [3.05, 3.63) is 65.7 Å². The number of hydroxylamine groups is 1. The summed E-state index contributed by atoms with van der Waals surface area (Å²) in [5.74, 6) is -1.11. The minimum absolute atomic E-state index is 0.158. The van der Waals surface area contributed by atoms with Crippen LogP contribution in [-0.4, -0.2) is 31.1 Å². The van der Waals surface area contributed by atoms with Gasteiger partial charge in [-0.2, -0.15) is 5.06 Å². The molecular weight excluding hydrogens is 398 g/mol. The van der Waals surface area contributed by atoms with E-state index in [0.717, 1.165) is 10.6 Å². The minimum atomic E-state index is -0.526. The van der Waals surface area contributed by atoms with E-state index in [1.165, 1.54) is 0 Å². The average molecular weight is 427 g/mol. The summed E-state index contributed by atoms with van der Waals surface area (Å²) >= 11 is 0. The molecule has 0 bridgehead atoms. The number of ether oxygens (including phenoxy) is 2. The van der Waals surface area contributed by atoms with Gasteiger partial charge in [0.05, 0.1) is 24.5 Å². The van der Waals surface area contributed by atoms with Gasteiger partial charge in [-0.05, 0) is 44.4 Å². The molecule has 0 N–H and O–H groups in total. The van der Waals surface area contributed by atoms with Crippen molar-refractivity contribution in [1.82, 2.24) is 0 Å². The molecule has 1 amide bonds. The van der Waals surface area contributed by atoms with E-state index in [-0.39, 0.29) is 43.5 Å². The first-order chi connectivity index (χ1) is 15.1. The number of para-hydroxylation sites is 1. The molecule has 7 nitrogen and oxygen atoms in total. The molecule has 0 fully saturated rings. The molecule has 0 spiro atoms. The molecule has 0 aliphatic rings. The second kappa shape index (κ2) is 13.2. The number of hydrogen-bond acceptors (Lipinski definition) is 6. The number of benzene rings is 2. The van der Waals surface area contributed by atoms with Crippen LogP contribution in [0.5, 0.6) is 0 Å². The zero-order valence-electron chi connectivity index (χ0n) is 18.0. The Balaban J connectivity index is 2.14. The largest absolute Gasteiger partial charge is 0.466 e. The second-order valence-electron chi connectivity index (χ2n) is 6.70. The third-order valence-corrected chi connectivity index (χ3v) is 4.37. The Morgan fingerprint density at radius 3 is 2.16 bits per heavy atom. The lowest BCUT2D eigenvalue weighted by Crippen LogP contribution is -2.32. The molecule has 0 aromatic heterocycles. The number of nitrogens with zero attached hydrogens (tertiary/aromatic N) is 1.